The van der Waals surface area contributed by atoms with E-state index in [4.69, 9.17) is 14.2 Å². The second kappa shape index (κ2) is 9.91. The molecule has 1 heterocycles. The van der Waals surface area contributed by atoms with Gasteiger partial charge in [-0.3, -0.25) is 4.79 Å². The molecule has 33 heavy (non-hydrogen) atoms. The molecule has 3 aromatic carbocycles. The molecule has 1 amide bonds. The molecule has 0 radical (unpaired) electrons. The van der Waals surface area contributed by atoms with Crippen molar-refractivity contribution in [1.82, 2.24) is 10.3 Å². The predicted molar refractivity (Wildman–Crippen MR) is 125 cm³/mol. The lowest BCUT2D eigenvalue weighted by Crippen LogP contribution is -2.33. The van der Waals surface area contributed by atoms with Gasteiger partial charge in [0.2, 0.25) is 0 Å². The number of ether oxygens (including phenoxy) is 3. The van der Waals surface area contributed by atoms with Crippen molar-refractivity contribution in [2.24, 2.45) is 0 Å². The highest BCUT2D eigenvalue weighted by Crippen LogP contribution is 2.26. The van der Waals surface area contributed by atoms with Crippen molar-refractivity contribution >= 4 is 22.8 Å². The summed E-state index contributed by atoms with van der Waals surface area (Å²) in [6.45, 7) is -0.402. The standard InChI is InChI=1S/C26H24N2O5/c1-31-19-11-7-17(8-12-19)25(18-9-13-20(32-2)14-10-18)28-24(29)16-33-26(30)22-15-27-23-6-4-3-5-21(22)23/h3-15,25,27H,16H2,1-2H3,(H,28,29). The van der Waals surface area contributed by atoms with Crippen LogP contribution in [0.2, 0.25) is 0 Å². The number of aromatic nitrogens is 1. The van der Waals surface area contributed by atoms with Gasteiger partial charge in [-0.25, -0.2) is 4.79 Å². The van der Waals surface area contributed by atoms with E-state index in [1.54, 1.807) is 20.4 Å². The molecular weight excluding hydrogens is 420 g/mol. The molecular formula is C26H24N2O5. The lowest BCUT2D eigenvalue weighted by Gasteiger charge is -2.20. The molecule has 4 aromatic rings. The first-order valence-electron chi connectivity index (χ1n) is 10.4. The molecule has 7 heteroatoms. The Bertz CT molecular complexity index is 1200. The number of para-hydroxylation sites is 1. The van der Waals surface area contributed by atoms with Gasteiger partial charge in [-0.2, -0.15) is 0 Å². The van der Waals surface area contributed by atoms with Gasteiger partial charge in [-0.05, 0) is 41.5 Å². The van der Waals surface area contributed by atoms with Crippen molar-refractivity contribution in [3.05, 3.63) is 95.7 Å². The van der Waals surface area contributed by atoms with Crippen molar-refractivity contribution in [1.29, 1.82) is 0 Å². The van der Waals surface area contributed by atoms with E-state index in [-0.39, 0.29) is 0 Å². The summed E-state index contributed by atoms with van der Waals surface area (Å²) in [5.74, 6) is 0.449. The third kappa shape index (κ3) is 4.98. The highest BCUT2D eigenvalue weighted by atomic mass is 16.5. The second-order valence-electron chi connectivity index (χ2n) is 7.37. The van der Waals surface area contributed by atoms with Crippen molar-refractivity contribution in [2.45, 2.75) is 6.04 Å². The summed E-state index contributed by atoms with van der Waals surface area (Å²) in [5, 5.41) is 3.70. The van der Waals surface area contributed by atoms with Gasteiger partial charge in [0.1, 0.15) is 11.5 Å². The topological polar surface area (TPSA) is 89.6 Å². The number of carbonyl (C=O) groups is 2. The molecule has 0 saturated heterocycles. The number of methoxy groups -OCH3 is 2. The first-order valence-corrected chi connectivity index (χ1v) is 10.4. The van der Waals surface area contributed by atoms with Gasteiger partial charge >= 0.3 is 5.97 Å². The third-order valence-electron chi connectivity index (χ3n) is 5.35. The number of carbonyl (C=O) groups excluding carboxylic acids is 2. The maximum absolute atomic E-state index is 12.7. The Balaban J connectivity index is 1.48. The summed E-state index contributed by atoms with van der Waals surface area (Å²) in [4.78, 5) is 28.3. The fraction of sp³-hybridized carbons (Fsp3) is 0.154. The Morgan fingerprint density at radius 1 is 0.848 bits per heavy atom. The largest absolute Gasteiger partial charge is 0.497 e. The smallest absolute Gasteiger partial charge is 0.340 e. The first kappa shape index (κ1) is 22.0. The number of hydrogen-bond donors (Lipinski definition) is 2. The van der Waals surface area contributed by atoms with Gasteiger partial charge in [0, 0.05) is 17.1 Å². The summed E-state index contributed by atoms with van der Waals surface area (Å²) in [6.07, 6.45) is 1.59. The summed E-state index contributed by atoms with van der Waals surface area (Å²) in [5.41, 5.74) is 2.93. The second-order valence-corrected chi connectivity index (χ2v) is 7.37. The minimum Gasteiger partial charge on any atom is -0.497 e. The monoisotopic (exact) mass is 444 g/mol. The Kier molecular flexibility index (Phi) is 6.59. The summed E-state index contributed by atoms with van der Waals surface area (Å²) >= 11 is 0. The highest BCUT2D eigenvalue weighted by molar-refractivity contribution is 6.04. The van der Waals surface area contributed by atoms with Crippen LogP contribution in [-0.2, 0) is 9.53 Å². The van der Waals surface area contributed by atoms with E-state index in [1.165, 1.54) is 0 Å². The minimum atomic E-state index is -0.562. The van der Waals surface area contributed by atoms with Crippen molar-refractivity contribution in [3.63, 3.8) is 0 Å². The van der Waals surface area contributed by atoms with Crippen LogP contribution in [-0.4, -0.2) is 37.7 Å². The fourth-order valence-corrected chi connectivity index (χ4v) is 3.60. The number of aromatic amines is 1. The molecule has 0 aliphatic heterocycles. The van der Waals surface area contributed by atoms with Crippen LogP contribution in [0.25, 0.3) is 10.9 Å². The van der Waals surface area contributed by atoms with Crippen LogP contribution in [0.5, 0.6) is 11.5 Å². The molecule has 0 aliphatic rings. The summed E-state index contributed by atoms with van der Waals surface area (Å²) < 4.78 is 15.8. The summed E-state index contributed by atoms with van der Waals surface area (Å²) in [6, 6.07) is 21.8. The molecule has 1 aromatic heterocycles. The summed E-state index contributed by atoms with van der Waals surface area (Å²) in [7, 11) is 3.19. The predicted octanol–water partition coefficient (Wildman–Crippen LogP) is 4.25. The highest BCUT2D eigenvalue weighted by Gasteiger charge is 2.20. The molecule has 7 nitrogen and oxygen atoms in total. The van der Waals surface area contributed by atoms with Gasteiger partial charge in [-0.15, -0.1) is 0 Å². The number of esters is 1. The molecule has 0 unspecified atom stereocenters. The zero-order valence-corrected chi connectivity index (χ0v) is 18.3. The third-order valence-corrected chi connectivity index (χ3v) is 5.35. The maximum Gasteiger partial charge on any atom is 0.340 e. The number of amides is 1. The van der Waals surface area contributed by atoms with E-state index >= 15 is 0 Å². The van der Waals surface area contributed by atoms with Gasteiger partial charge in [0.15, 0.2) is 6.61 Å². The average Bonchev–Trinajstić information content (AvgIpc) is 3.30. The number of H-pyrrole nitrogens is 1. The number of nitrogens with one attached hydrogen (secondary N) is 2. The number of hydrogen-bond acceptors (Lipinski definition) is 5. The Labute approximate surface area is 191 Å². The number of benzene rings is 3. The van der Waals surface area contributed by atoms with Crippen LogP contribution >= 0.6 is 0 Å². The fourth-order valence-electron chi connectivity index (χ4n) is 3.60. The molecule has 0 atom stereocenters. The maximum atomic E-state index is 12.7. The van der Waals surface area contributed by atoms with Crippen LogP contribution in [0.3, 0.4) is 0 Å². The average molecular weight is 444 g/mol. The lowest BCUT2D eigenvalue weighted by molar-refractivity contribution is -0.124. The zero-order valence-electron chi connectivity index (χ0n) is 18.3. The first-order chi connectivity index (χ1) is 16.1. The SMILES string of the molecule is COc1ccc(C(NC(=O)COC(=O)c2c[nH]c3ccccc23)c2ccc(OC)cc2)cc1. The molecule has 0 aliphatic carbocycles. The van der Waals surface area contributed by atoms with E-state index in [9.17, 15) is 9.59 Å². The van der Waals surface area contributed by atoms with E-state index in [2.05, 4.69) is 10.3 Å². The van der Waals surface area contributed by atoms with Crippen LogP contribution < -0.4 is 14.8 Å². The molecule has 0 bridgehead atoms. The van der Waals surface area contributed by atoms with Crippen molar-refractivity contribution in [2.75, 3.05) is 20.8 Å². The molecule has 0 fully saturated rings. The van der Waals surface area contributed by atoms with E-state index in [1.807, 2.05) is 72.8 Å². The van der Waals surface area contributed by atoms with E-state index in [0.29, 0.717) is 17.1 Å². The minimum absolute atomic E-state index is 0.389. The van der Waals surface area contributed by atoms with Gasteiger partial charge in [-0.1, -0.05) is 42.5 Å². The number of fused-ring (bicyclic) bond motifs is 1. The molecule has 4 rings (SSSR count). The number of rotatable bonds is 8. The molecule has 168 valence electrons. The van der Waals surface area contributed by atoms with Crippen LogP contribution in [0.15, 0.2) is 79.0 Å². The van der Waals surface area contributed by atoms with Crippen LogP contribution in [0, 0.1) is 0 Å². The van der Waals surface area contributed by atoms with Gasteiger partial charge in [0.05, 0.1) is 25.8 Å². The Morgan fingerprint density at radius 3 is 2.00 bits per heavy atom. The molecule has 2 N–H and O–H groups in total. The quantitative estimate of drug-likeness (QED) is 0.397. The van der Waals surface area contributed by atoms with Crippen molar-refractivity contribution < 1.29 is 23.8 Å². The zero-order chi connectivity index (χ0) is 23.2. The van der Waals surface area contributed by atoms with Crippen LogP contribution in [0.4, 0.5) is 0 Å². The van der Waals surface area contributed by atoms with Gasteiger partial charge < -0.3 is 24.5 Å². The Morgan fingerprint density at radius 2 is 1.42 bits per heavy atom. The van der Waals surface area contributed by atoms with Crippen LogP contribution in [0.1, 0.15) is 27.5 Å². The van der Waals surface area contributed by atoms with Crippen molar-refractivity contribution in [3.8, 4) is 11.5 Å². The molecule has 0 spiro atoms. The van der Waals surface area contributed by atoms with E-state index < -0.39 is 24.5 Å². The lowest BCUT2D eigenvalue weighted by atomic mass is 9.98. The van der Waals surface area contributed by atoms with E-state index in [0.717, 1.165) is 22.0 Å². The molecule has 0 saturated carbocycles. The Hall–Kier alpha value is -4.26. The normalized spacial score (nSPS) is 10.8. The van der Waals surface area contributed by atoms with Gasteiger partial charge in [0.25, 0.3) is 5.91 Å².